The van der Waals surface area contributed by atoms with E-state index in [1.54, 1.807) is 23.0 Å². The minimum Gasteiger partial charge on any atom is -0.465 e. The predicted octanol–water partition coefficient (Wildman–Crippen LogP) is 1.24. The molecule has 0 saturated heterocycles. The topological polar surface area (TPSA) is 70.1 Å². The fourth-order valence-corrected chi connectivity index (χ4v) is 1.31. The molecule has 5 heteroatoms. The van der Waals surface area contributed by atoms with Crippen LogP contribution in [0.5, 0.6) is 0 Å². The highest BCUT2D eigenvalue weighted by Gasteiger charge is 2.08. The molecule has 0 spiro atoms. The first-order chi connectivity index (χ1) is 7.70. The van der Waals surface area contributed by atoms with Gasteiger partial charge in [-0.3, -0.25) is 0 Å². The van der Waals surface area contributed by atoms with E-state index < -0.39 is 5.97 Å². The van der Waals surface area contributed by atoms with Gasteiger partial charge in [-0.1, -0.05) is 0 Å². The zero-order chi connectivity index (χ0) is 11.5. The third-order valence-corrected chi connectivity index (χ3v) is 2.16. The minimum atomic E-state index is -0.401. The van der Waals surface area contributed by atoms with Crippen LogP contribution in [0.4, 0.5) is 5.69 Å². The van der Waals surface area contributed by atoms with Crippen molar-refractivity contribution in [2.24, 2.45) is 0 Å². The highest BCUT2D eigenvalue weighted by atomic mass is 16.5. The average molecular weight is 217 g/mol. The van der Waals surface area contributed by atoms with Gasteiger partial charge >= 0.3 is 5.97 Å². The number of benzene rings is 1. The molecule has 1 aromatic heterocycles. The highest BCUT2D eigenvalue weighted by molar-refractivity contribution is 5.88. The summed E-state index contributed by atoms with van der Waals surface area (Å²) in [4.78, 5) is 11.2. The molecule has 0 atom stereocenters. The maximum atomic E-state index is 11.2. The summed E-state index contributed by atoms with van der Waals surface area (Å²) < 4.78 is 6.18. The van der Waals surface area contributed by atoms with E-state index in [0.29, 0.717) is 11.3 Å². The number of carbonyl (C=O) groups is 1. The number of methoxy groups -OCH3 is 1. The van der Waals surface area contributed by atoms with E-state index in [-0.39, 0.29) is 0 Å². The van der Waals surface area contributed by atoms with Gasteiger partial charge in [0.15, 0.2) is 0 Å². The van der Waals surface area contributed by atoms with Gasteiger partial charge in [-0.05, 0) is 24.3 Å². The molecule has 5 nitrogen and oxygen atoms in total. The van der Waals surface area contributed by atoms with E-state index in [9.17, 15) is 4.79 Å². The van der Waals surface area contributed by atoms with Gasteiger partial charge < -0.3 is 10.5 Å². The number of carbonyl (C=O) groups excluding carboxylic acids is 1. The summed E-state index contributed by atoms with van der Waals surface area (Å²) in [6.07, 6.45) is 3.07. The molecule has 0 saturated carbocycles. The van der Waals surface area contributed by atoms with E-state index in [2.05, 4.69) is 9.84 Å². The number of nitrogens with two attached hydrogens (primary N) is 1. The number of hydrogen-bond acceptors (Lipinski definition) is 4. The molecule has 0 amide bonds. The molecule has 2 rings (SSSR count). The molecule has 0 aliphatic carbocycles. The van der Waals surface area contributed by atoms with E-state index in [1.165, 1.54) is 13.3 Å². The fraction of sp³-hybridized carbons (Fsp3) is 0.0909. The number of nitrogens with zero attached hydrogens (tertiary/aromatic N) is 2. The van der Waals surface area contributed by atoms with Crippen molar-refractivity contribution in [3.63, 3.8) is 0 Å². The molecule has 1 aromatic carbocycles. The molecule has 1 heterocycles. The van der Waals surface area contributed by atoms with Gasteiger partial charge in [0, 0.05) is 11.9 Å². The van der Waals surface area contributed by atoms with Crippen LogP contribution in [0.25, 0.3) is 5.69 Å². The van der Waals surface area contributed by atoms with Crippen LogP contribution in [0.3, 0.4) is 0 Å². The summed E-state index contributed by atoms with van der Waals surface area (Å²) in [5.41, 5.74) is 7.51. The molecule has 2 aromatic rings. The molecule has 0 aliphatic heterocycles. The lowest BCUT2D eigenvalue weighted by Crippen LogP contribution is -1.99. The first kappa shape index (κ1) is 10.2. The highest BCUT2D eigenvalue weighted by Crippen LogP contribution is 2.11. The lowest BCUT2D eigenvalue weighted by molar-refractivity contribution is 0.0600. The van der Waals surface area contributed by atoms with Gasteiger partial charge in [0.1, 0.15) is 0 Å². The summed E-state index contributed by atoms with van der Waals surface area (Å²) in [7, 11) is 1.34. The Morgan fingerprint density at radius 2 is 2.06 bits per heavy atom. The molecule has 0 unspecified atom stereocenters. The maximum Gasteiger partial charge on any atom is 0.341 e. The number of aromatic nitrogens is 2. The van der Waals surface area contributed by atoms with Crippen molar-refractivity contribution in [2.45, 2.75) is 0 Å². The number of ether oxygens (including phenoxy) is 1. The van der Waals surface area contributed by atoms with E-state index in [4.69, 9.17) is 5.73 Å². The monoisotopic (exact) mass is 217 g/mol. The third kappa shape index (κ3) is 1.88. The largest absolute Gasteiger partial charge is 0.465 e. The molecule has 0 fully saturated rings. The Balaban J connectivity index is 2.31. The SMILES string of the molecule is COC(=O)c1cnn(-c2ccc(N)cc2)c1. The van der Waals surface area contributed by atoms with E-state index in [1.807, 2.05) is 12.1 Å². The van der Waals surface area contributed by atoms with Gasteiger partial charge in [-0.25, -0.2) is 9.48 Å². The third-order valence-electron chi connectivity index (χ3n) is 2.16. The normalized spacial score (nSPS) is 10.1. The Bertz CT molecular complexity index is 502. The number of anilines is 1. The summed E-state index contributed by atoms with van der Waals surface area (Å²) >= 11 is 0. The van der Waals surface area contributed by atoms with Gasteiger partial charge in [-0.15, -0.1) is 0 Å². The summed E-state index contributed by atoms with van der Waals surface area (Å²) in [5, 5.41) is 4.06. The molecule has 0 aliphatic rings. The molecule has 2 N–H and O–H groups in total. The number of rotatable bonds is 2. The first-order valence-electron chi connectivity index (χ1n) is 4.69. The Hall–Kier alpha value is -2.30. The molecular weight excluding hydrogens is 206 g/mol. The second-order valence-electron chi connectivity index (χ2n) is 3.26. The van der Waals surface area contributed by atoms with Gasteiger partial charge in [0.25, 0.3) is 0 Å². The van der Waals surface area contributed by atoms with Gasteiger partial charge in [-0.2, -0.15) is 5.10 Å². The van der Waals surface area contributed by atoms with Crippen LogP contribution in [0.2, 0.25) is 0 Å². The van der Waals surface area contributed by atoms with Crippen LogP contribution < -0.4 is 5.73 Å². The van der Waals surface area contributed by atoms with Gasteiger partial charge in [0.2, 0.25) is 0 Å². The maximum absolute atomic E-state index is 11.2. The van der Waals surface area contributed by atoms with Crippen LogP contribution in [0.1, 0.15) is 10.4 Å². The van der Waals surface area contributed by atoms with Crippen LogP contribution in [0.15, 0.2) is 36.7 Å². The number of hydrogen-bond donors (Lipinski definition) is 1. The second-order valence-corrected chi connectivity index (χ2v) is 3.26. The van der Waals surface area contributed by atoms with E-state index >= 15 is 0 Å². The summed E-state index contributed by atoms with van der Waals surface area (Å²) in [6, 6.07) is 7.19. The average Bonchev–Trinajstić information content (AvgIpc) is 2.78. The quantitative estimate of drug-likeness (QED) is 0.607. The van der Waals surface area contributed by atoms with Crippen molar-refractivity contribution in [3.8, 4) is 5.69 Å². The predicted molar refractivity (Wildman–Crippen MR) is 59.3 cm³/mol. The van der Waals surface area contributed by atoms with Crippen molar-refractivity contribution in [1.29, 1.82) is 0 Å². The zero-order valence-electron chi connectivity index (χ0n) is 8.75. The van der Waals surface area contributed by atoms with Crippen LogP contribution >= 0.6 is 0 Å². The molecule has 0 bridgehead atoms. The van der Waals surface area contributed by atoms with Crippen LogP contribution in [-0.2, 0) is 4.74 Å². The second kappa shape index (κ2) is 4.06. The summed E-state index contributed by atoms with van der Waals surface area (Å²) in [6.45, 7) is 0. The Labute approximate surface area is 92.4 Å². The molecule has 0 radical (unpaired) electrons. The molecule has 82 valence electrons. The smallest absolute Gasteiger partial charge is 0.341 e. The number of esters is 1. The fourth-order valence-electron chi connectivity index (χ4n) is 1.31. The number of nitrogen functional groups attached to an aromatic ring is 1. The zero-order valence-corrected chi connectivity index (χ0v) is 8.75. The van der Waals surface area contributed by atoms with Crippen LogP contribution in [0, 0.1) is 0 Å². The van der Waals surface area contributed by atoms with Crippen LogP contribution in [-0.4, -0.2) is 22.9 Å². The Kier molecular flexibility index (Phi) is 2.59. The van der Waals surface area contributed by atoms with Crippen molar-refractivity contribution in [2.75, 3.05) is 12.8 Å². The van der Waals surface area contributed by atoms with Crippen molar-refractivity contribution in [3.05, 3.63) is 42.2 Å². The molecule has 16 heavy (non-hydrogen) atoms. The lowest BCUT2D eigenvalue weighted by atomic mass is 10.3. The Morgan fingerprint density at radius 3 is 2.69 bits per heavy atom. The standard InChI is InChI=1S/C11H11N3O2/c1-16-11(15)8-6-13-14(7-8)10-4-2-9(12)3-5-10/h2-7H,12H2,1H3. The molecular formula is C11H11N3O2. The van der Waals surface area contributed by atoms with Crippen molar-refractivity contribution in [1.82, 2.24) is 9.78 Å². The lowest BCUT2D eigenvalue weighted by Gasteiger charge is -2.00. The van der Waals surface area contributed by atoms with Gasteiger partial charge in [0.05, 0.1) is 24.6 Å². The van der Waals surface area contributed by atoms with Crippen molar-refractivity contribution >= 4 is 11.7 Å². The first-order valence-corrected chi connectivity index (χ1v) is 4.69. The Morgan fingerprint density at radius 1 is 1.38 bits per heavy atom. The van der Waals surface area contributed by atoms with Crippen molar-refractivity contribution < 1.29 is 9.53 Å². The minimum absolute atomic E-state index is 0.401. The van der Waals surface area contributed by atoms with E-state index in [0.717, 1.165) is 5.69 Å². The summed E-state index contributed by atoms with van der Waals surface area (Å²) in [5.74, 6) is -0.401.